The fourth-order valence-corrected chi connectivity index (χ4v) is 1.28. The van der Waals surface area contributed by atoms with E-state index < -0.39 is 0 Å². The van der Waals surface area contributed by atoms with Gasteiger partial charge in [-0.1, -0.05) is 0 Å². The summed E-state index contributed by atoms with van der Waals surface area (Å²) in [4.78, 5) is 19.2. The Morgan fingerprint density at radius 1 is 1.28 bits per heavy atom. The van der Waals surface area contributed by atoms with E-state index in [4.69, 9.17) is 10.5 Å². The van der Waals surface area contributed by atoms with E-state index >= 15 is 0 Å². The van der Waals surface area contributed by atoms with Crippen LogP contribution in [0.2, 0.25) is 0 Å². The molecule has 0 atom stereocenters. The molecule has 3 N–H and O–H groups in total. The number of carbonyl (C=O) groups is 1. The van der Waals surface area contributed by atoms with Crippen LogP contribution in [0.5, 0.6) is 11.6 Å². The summed E-state index contributed by atoms with van der Waals surface area (Å²) < 4.78 is 5.48. The number of aromatic nitrogens is 2. The van der Waals surface area contributed by atoms with Crippen LogP contribution in [-0.2, 0) is 0 Å². The molecule has 18 heavy (non-hydrogen) atoms. The molecule has 1 aromatic heterocycles. The van der Waals surface area contributed by atoms with Gasteiger partial charge in [-0.2, -0.15) is 4.98 Å². The van der Waals surface area contributed by atoms with Gasteiger partial charge in [0.25, 0.3) is 5.91 Å². The molecule has 0 unspecified atom stereocenters. The van der Waals surface area contributed by atoms with Gasteiger partial charge in [-0.25, -0.2) is 4.98 Å². The molecule has 0 aliphatic rings. The maximum absolute atomic E-state index is 11.4. The van der Waals surface area contributed by atoms with Gasteiger partial charge in [0, 0.05) is 25.0 Å². The van der Waals surface area contributed by atoms with Crippen molar-refractivity contribution in [1.29, 1.82) is 0 Å². The highest BCUT2D eigenvalue weighted by atomic mass is 16.5. The predicted octanol–water partition coefficient (Wildman–Crippen LogP) is 1.21. The third-order valence-corrected chi connectivity index (χ3v) is 2.16. The molecular weight excluding hydrogens is 232 g/mol. The van der Waals surface area contributed by atoms with E-state index in [9.17, 15) is 4.79 Å². The van der Waals surface area contributed by atoms with Crippen molar-refractivity contribution in [3.05, 3.63) is 42.4 Å². The standard InChI is InChI=1S/C12H12N4O2/c1-14-12(17)11-15-7-6-10(16-11)18-9-4-2-8(13)3-5-9/h2-7H,13H2,1H3,(H,14,17). The second kappa shape index (κ2) is 5.13. The molecule has 2 aromatic rings. The van der Waals surface area contributed by atoms with Gasteiger partial charge in [0.2, 0.25) is 11.7 Å². The Kier molecular flexibility index (Phi) is 3.38. The minimum Gasteiger partial charge on any atom is -0.439 e. The van der Waals surface area contributed by atoms with E-state index in [1.807, 2.05) is 0 Å². The molecule has 0 saturated carbocycles. The van der Waals surface area contributed by atoms with Crippen molar-refractivity contribution in [2.45, 2.75) is 0 Å². The number of anilines is 1. The summed E-state index contributed by atoms with van der Waals surface area (Å²) in [6.07, 6.45) is 1.46. The predicted molar refractivity (Wildman–Crippen MR) is 66.4 cm³/mol. The minimum atomic E-state index is -0.363. The second-order valence-electron chi connectivity index (χ2n) is 3.47. The molecule has 0 bridgehead atoms. The van der Waals surface area contributed by atoms with E-state index in [1.54, 1.807) is 30.3 Å². The number of carbonyl (C=O) groups excluding carboxylic acids is 1. The first-order chi connectivity index (χ1) is 8.69. The molecule has 92 valence electrons. The molecule has 2 rings (SSSR count). The molecule has 0 radical (unpaired) electrons. The maximum Gasteiger partial charge on any atom is 0.288 e. The molecule has 0 saturated heterocycles. The van der Waals surface area contributed by atoms with Gasteiger partial charge in [-0.05, 0) is 24.3 Å². The molecule has 0 fully saturated rings. The summed E-state index contributed by atoms with van der Waals surface area (Å²) in [5.41, 5.74) is 6.22. The number of rotatable bonds is 3. The smallest absolute Gasteiger partial charge is 0.288 e. The highest BCUT2D eigenvalue weighted by molar-refractivity contribution is 5.90. The summed E-state index contributed by atoms with van der Waals surface area (Å²) >= 11 is 0. The van der Waals surface area contributed by atoms with E-state index in [0.29, 0.717) is 17.3 Å². The lowest BCUT2D eigenvalue weighted by atomic mass is 10.3. The average Bonchev–Trinajstić information content (AvgIpc) is 2.41. The first-order valence-electron chi connectivity index (χ1n) is 5.27. The highest BCUT2D eigenvalue weighted by Crippen LogP contribution is 2.19. The lowest BCUT2D eigenvalue weighted by Crippen LogP contribution is -2.20. The number of nitrogens with two attached hydrogens (primary N) is 1. The average molecular weight is 244 g/mol. The van der Waals surface area contributed by atoms with Crippen molar-refractivity contribution in [3.63, 3.8) is 0 Å². The van der Waals surface area contributed by atoms with Crippen LogP contribution in [0.25, 0.3) is 0 Å². The fraction of sp³-hybridized carbons (Fsp3) is 0.0833. The number of ether oxygens (including phenoxy) is 1. The van der Waals surface area contributed by atoms with Gasteiger partial charge < -0.3 is 15.8 Å². The van der Waals surface area contributed by atoms with Crippen molar-refractivity contribution >= 4 is 11.6 Å². The zero-order chi connectivity index (χ0) is 13.0. The molecule has 6 heteroatoms. The minimum absolute atomic E-state index is 0.0606. The second-order valence-corrected chi connectivity index (χ2v) is 3.47. The third-order valence-electron chi connectivity index (χ3n) is 2.16. The lowest BCUT2D eigenvalue weighted by Gasteiger charge is -2.05. The van der Waals surface area contributed by atoms with Crippen LogP contribution in [0.1, 0.15) is 10.6 Å². The largest absolute Gasteiger partial charge is 0.439 e. The van der Waals surface area contributed by atoms with Crippen LogP contribution in [0.15, 0.2) is 36.5 Å². The molecular formula is C12H12N4O2. The van der Waals surface area contributed by atoms with Crippen LogP contribution in [0.4, 0.5) is 5.69 Å². The van der Waals surface area contributed by atoms with Gasteiger partial charge in [-0.15, -0.1) is 0 Å². The zero-order valence-electron chi connectivity index (χ0n) is 9.75. The number of hydrogen-bond donors (Lipinski definition) is 2. The first kappa shape index (κ1) is 11.8. The number of nitrogen functional groups attached to an aromatic ring is 1. The number of hydrogen-bond acceptors (Lipinski definition) is 5. The van der Waals surface area contributed by atoms with Gasteiger partial charge in [0.1, 0.15) is 5.75 Å². The first-order valence-corrected chi connectivity index (χ1v) is 5.27. The van der Waals surface area contributed by atoms with Gasteiger partial charge in [0.15, 0.2) is 0 Å². The summed E-state index contributed by atoms with van der Waals surface area (Å²) in [6, 6.07) is 8.45. The Morgan fingerprint density at radius 2 is 2.00 bits per heavy atom. The normalized spacial score (nSPS) is 9.83. The molecule has 0 spiro atoms. The monoisotopic (exact) mass is 244 g/mol. The van der Waals surface area contributed by atoms with Crippen LogP contribution in [0, 0.1) is 0 Å². The van der Waals surface area contributed by atoms with Gasteiger partial charge >= 0.3 is 0 Å². The Labute approximate surface area is 104 Å². The van der Waals surface area contributed by atoms with Crippen molar-refractivity contribution in [1.82, 2.24) is 15.3 Å². The highest BCUT2D eigenvalue weighted by Gasteiger charge is 2.08. The molecule has 1 aromatic carbocycles. The van der Waals surface area contributed by atoms with Crippen LogP contribution in [0.3, 0.4) is 0 Å². The van der Waals surface area contributed by atoms with Crippen LogP contribution in [-0.4, -0.2) is 22.9 Å². The summed E-state index contributed by atoms with van der Waals surface area (Å²) in [7, 11) is 1.51. The van der Waals surface area contributed by atoms with Crippen LogP contribution < -0.4 is 15.8 Å². The van der Waals surface area contributed by atoms with E-state index in [2.05, 4.69) is 15.3 Å². The molecule has 0 aliphatic heterocycles. The Hall–Kier alpha value is -2.63. The van der Waals surface area contributed by atoms with Crippen LogP contribution >= 0.6 is 0 Å². The maximum atomic E-state index is 11.4. The quantitative estimate of drug-likeness (QED) is 0.792. The van der Waals surface area contributed by atoms with Crippen molar-refractivity contribution < 1.29 is 9.53 Å². The van der Waals surface area contributed by atoms with Crippen molar-refractivity contribution in [2.24, 2.45) is 0 Å². The van der Waals surface area contributed by atoms with E-state index in [-0.39, 0.29) is 11.7 Å². The Bertz CT molecular complexity index is 554. The lowest BCUT2D eigenvalue weighted by molar-refractivity contribution is 0.0952. The van der Waals surface area contributed by atoms with Crippen molar-refractivity contribution in [2.75, 3.05) is 12.8 Å². The molecule has 0 aliphatic carbocycles. The summed E-state index contributed by atoms with van der Waals surface area (Å²) in [5.74, 6) is 0.585. The van der Waals surface area contributed by atoms with E-state index in [1.165, 1.54) is 13.2 Å². The molecule has 1 amide bonds. The zero-order valence-corrected chi connectivity index (χ0v) is 9.75. The number of nitrogens with zero attached hydrogens (tertiary/aromatic N) is 2. The van der Waals surface area contributed by atoms with Gasteiger partial charge in [-0.3, -0.25) is 4.79 Å². The Morgan fingerprint density at radius 3 is 2.67 bits per heavy atom. The topological polar surface area (TPSA) is 90.1 Å². The fourth-order valence-electron chi connectivity index (χ4n) is 1.28. The number of amides is 1. The number of benzene rings is 1. The van der Waals surface area contributed by atoms with E-state index in [0.717, 1.165) is 0 Å². The van der Waals surface area contributed by atoms with Crippen molar-refractivity contribution in [3.8, 4) is 11.6 Å². The summed E-state index contributed by atoms with van der Waals surface area (Å²) in [5, 5.41) is 2.44. The Balaban J connectivity index is 2.19. The number of nitrogens with one attached hydrogen (secondary N) is 1. The third kappa shape index (κ3) is 2.73. The SMILES string of the molecule is CNC(=O)c1nccc(Oc2ccc(N)cc2)n1. The van der Waals surface area contributed by atoms with Gasteiger partial charge in [0.05, 0.1) is 0 Å². The summed E-state index contributed by atoms with van der Waals surface area (Å²) in [6.45, 7) is 0. The molecule has 1 heterocycles. The molecule has 6 nitrogen and oxygen atoms in total.